The predicted molar refractivity (Wildman–Crippen MR) is 70.7 cm³/mol. The van der Waals surface area contributed by atoms with Crippen LogP contribution in [0.3, 0.4) is 0 Å². The first-order valence-corrected chi connectivity index (χ1v) is 6.60. The van der Waals surface area contributed by atoms with Crippen molar-refractivity contribution in [3.63, 3.8) is 0 Å². The van der Waals surface area contributed by atoms with E-state index in [0.717, 1.165) is 4.88 Å². The van der Waals surface area contributed by atoms with Gasteiger partial charge in [-0.2, -0.15) is 0 Å². The normalized spacial score (nSPS) is 11.9. The summed E-state index contributed by atoms with van der Waals surface area (Å²) in [5, 5.41) is 14.2. The Hall–Kier alpha value is -1.40. The fourth-order valence-electron chi connectivity index (χ4n) is 1.29. The SMILES string of the molecule is Cc1ccc(C(=O)NCC(=O)NCCC(C)O)s1. The van der Waals surface area contributed by atoms with Gasteiger partial charge in [-0.3, -0.25) is 9.59 Å². The Morgan fingerprint density at radius 1 is 1.39 bits per heavy atom. The summed E-state index contributed by atoms with van der Waals surface area (Å²) in [4.78, 5) is 24.6. The van der Waals surface area contributed by atoms with Crippen LogP contribution >= 0.6 is 11.3 Å². The van der Waals surface area contributed by atoms with Crippen molar-refractivity contribution in [3.05, 3.63) is 21.9 Å². The third-order valence-corrected chi connectivity index (χ3v) is 3.26. The van der Waals surface area contributed by atoms with Crippen LogP contribution in [0, 0.1) is 6.92 Å². The Bertz CT molecular complexity index is 415. The van der Waals surface area contributed by atoms with Crippen LogP contribution in [-0.4, -0.2) is 36.1 Å². The summed E-state index contributed by atoms with van der Waals surface area (Å²) in [5.74, 6) is -0.490. The molecular weight excluding hydrogens is 252 g/mol. The molecule has 0 bridgehead atoms. The highest BCUT2D eigenvalue weighted by molar-refractivity contribution is 7.13. The van der Waals surface area contributed by atoms with Crippen molar-refractivity contribution >= 4 is 23.2 Å². The number of hydrogen-bond acceptors (Lipinski definition) is 4. The minimum Gasteiger partial charge on any atom is -0.393 e. The third-order valence-electron chi connectivity index (χ3n) is 2.26. The second-order valence-electron chi connectivity index (χ2n) is 4.08. The first-order valence-electron chi connectivity index (χ1n) is 5.78. The molecule has 1 rings (SSSR count). The first-order chi connectivity index (χ1) is 8.49. The molecule has 3 N–H and O–H groups in total. The fraction of sp³-hybridized carbons (Fsp3) is 0.500. The molecule has 0 spiro atoms. The van der Waals surface area contributed by atoms with Crippen LogP contribution in [-0.2, 0) is 4.79 Å². The molecule has 6 heteroatoms. The quantitative estimate of drug-likeness (QED) is 0.711. The summed E-state index contributed by atoms with van der Waals surface area (Å²) >= 11 is 1.39. The molecule has 1 unspecified atom stereocenters. The van der Waals surface area contributed by atoms with Gasteiger partial charge in [0.25, 0.3) is 5.91 Å². The number of nitrogens with one attached hydrogen (secondary N) is 2. The summed E-state index contributed by atoms with van der Waals surface area (Å²) in [6.45, 7) is 3.94. The summed E-state index contributed by atoms with van der Waals surface area (Å²) in [6.07, 6.45) is 0.0677. The monoisotopic (exact) mass is 270 g/mol. The molecule has 0 aliphatic rings. The number of amides is 2. The third kappa shape index (κ3) is 5.29. The molecular formula is C12H18N2O3S. The van der Waals surface area contributed by atoms with E-state index in [1.807, 2.05) is 13.0 Å². The molecule has 5 nitrogen and oxygen atoms in total. The van der Waals surface area contributed by atoms with Gasteiger partial charge in [-0.05, 0) is 32.4 Å². The van der Waals surface area contributed by atoms with Gasteiger partial charge in [0.05, 0.1) is 17.5 Å². The molecule has 0 radical (unpaired) electrons. The summed E-state index contributed by atoms with van der Waals surface area (Å²) in [7, 11) is 0. The Labute approximate surface area is 110 Å². The Morgan fingerprint density at radius 2 is 2.11 bits per heavy atom. The summed E-state index contributed by atoms with van der Waals surface area (Å²) in [5.41, 5.74) is 0. The van der Waals surface area contributed by atoms with Crippen LogP contribution in [0.1, 0.15) is 27.9 Å². The summed E-state index contributed by atoms with van der Waals surface area (Å²) < 4.78 is 0. The second kappa shape index (κ2) is 7.13. The Morgan fingerprint density at radius 3 is 2.67 bits per heavy atom. The van der Waals surface area contributed by atoms with Crippen molar-refractivity contribution in [2.24, 2.45) is 0 Å². The number of aliphatic hydroxyl groups is 1. The zero-order valence-electron chi connectivity index (χ0n) is 10.5. The van der Waals surface area contributed by atoms with Gasteiger partial charge in [0.15, 0.2) is 0 Å². The molecule has 0 aliphatic heterocycles. The van der Waals surface area contributed by atoms with Crippen LogP contribution in [0.25, 0.3) is 0 Å². The molecule has 0 saturated carbocycles. The van der Waals surface area contributed by atoms with E-state index in [1.165, 1.54) is 11.3 Å². The van der Waals surface area contributed by atoms with Crippen LogP contribution in [0.15, 0.2) is 12.1 Å². The van der Waals surface area contributed by atoms with E-state index in [9.17, 15) is 9.59 Å². The summed E-state index contributed by atoms with van der Waals surface area (Å²) in [6, 6.07) is 3.60. The number of rotatable bonds is 6. The number of carbonyl (C=O) groups is 2. The van der Waals surface area contributed by atoms with Crippen molar-refractivity contribution in [2.75, 3.05) is 13.1 Å². The molecule has 0 aromatic carbocycles. The standard InChI is InChI=1S/C12H18N2O3S/c1-8(15)5-6-13-11(16)7-14-12(17)10-4-3-9(2)18-10/h3-4,8,15H,5-7H2,1-2H3,(H,13,16)(H,14,17). The van der Waals surface area contributed by atoms with Crippen LogP contribution in [0.4, 0.5) is 0 Å². The lowest BCUT2D eigenvalue weighted by Crippen LogP contribution is -2.37. The van der Waals surface area contributed by atoms with Gasteiger partial charge in [0.2, 0.25) is 5.91 Å². The fourth-order valence-corrected chi connectivity index (χ4v) is 2.07. The van der Waals surface area contributed by atoms with Gasteiger partial charge in [0.1, 0.15) is 0 Å². The minimum absolute atomic E-state index is 0.0460. The average Bonchev–Trinajstić information content (AvgIpc) is 2.72. The minimum atomic E-state index is -0.436. The second-order valence-corrected chi connectivity index (χ2v) is 5.37. The highest BCUT2D eigenvalue weighted by Gasteiger charge is 2.09. The molecule has 2 amide bonds. The van der Waals surface area contributed by atoms with Crippen molar-refractivity contribution in [1.82, 2.24) is 10.6 Å². The zero-order valence-corrected chi connectivity index (χ0v) is 11.3. The van der Waals surface area contributed by atoms with Crippen LogP contribution < -0.4 is 10.6 Å². The lowest BCUT2D eigenvalue weighted by atomic mass is 10.3. The molecule has 1 atom stereocenters. The van der Waals surface area contributed by atoms with Gasteiger partial charge in [-0.1, -0.05) is 0 Å². The van der Waals surface area contributed by atoms with E-state index in [4.69, 9.17) is 5.11 Å². The van der Waals surface area contributed by atoms with Gasteiger partial charge >= 0.3 is 0 Å². The van der Waals surface area contributed by atoms with Crippen molar-refractivity contribution in [1.29, 1.82) is 0 Å². The van der Waals surface area contributed by atoms with Crippen molar-refractivity contribution in [2.45, 2.75) is 26.4 Å². The molecule has 18 heavy (non-hydrogen) atoms. The first kappa shape index (κ1) is 14.7. The molecule has 1 aromatic rings. The van der Waals surface area contributed by atoms with E-state index in [2.05, 4.69) is 10.6 Å². The van der Waals surface area contributed by atoms with Crippen LogP contribution in [0.5, 0.6) is 0 Å². The van der Waals surface area contributed by atoms with Crippen molar-refractivity contribution < 1.29 is 14.7 Å². The highest BCUT2D eigenvalue weighted by Crippen LogP contribution is 2.14. The average molecular weight is 270 g/mol. The lowest BCUT2D eigenvalue weighted by molar-refractivity contribution is -0.120. The maximum absolute atomic E-state index is 11.6. The Balaban J connectivity index is 2.24. The number of carbonyl (C=O) groups excluding carboxylic acids is 2. The number of hydrogen-bond donors (Lipinski definition) is 3. The molecule has 0 fully saturated rings. The lowest BCUT2D eigenvalue weighted by Gasteiger charge is -2.07. The van der Waals surface area contributed by atoms with E-state index in [0.29, 0.717) is 17.8 Å². The van der Waals surface area contributed by atoms with E-state index in [1.54, 1.807) is 13.0 Å². The van der Waals surface area contributed by atoms with E-state index in [-0.39, 0.29) is 18.4 Å². The van der Waals surface area contributed by atoms with Crippen molar-refractivity contribution in [3.8, 4) is 0 Å². The maximum atomic E-state index is 11.6. The topological polar surface area (TPSA) is 78.4 Å². The maximum Gasteiger partial charge on any atom is 0.261 e. The molecule has 1 heterocycles. The number of aryl methyl sites for hydroxylation is 1. The highest BCUT2D eigenvalue weighted by atomic mass is 32.1. The van der Waals surface area contributed by atoms with E-state index >= 15 is 0 Å². The van der Waals surface area contributed by atoms with E-state index < -0.39 is 6.10 Å². The molecule has 0 saturated heterocycles. The van der Waals surface area contributed by atoms with Gasteiger partial charge < -0.3 is 15.7 Å². The smallest absolute Gasteiger partial charge is 0.261 e. The van der Waals surface area contributed by atoms with Gasteiger partial charge in [-0.15, -0.1) is 11.3 Å². The van der Waals surface area contributed by atoms with Gasteiger partial charge in [-0.25, -0.2) is 0 Å². The largest absolute Gasteiger partial charge is 0.393 e. The molecule has 100 valence electrons. The predicted octanol–water partition coefficient (Wildman–Crippen LogP) is 0.673. The molecule has 0 aliphatic carbocycles. The number of thiophene rings is 1. The number of aliphatic hydroxyl groups excluding tert-OH is 1. The Kier molecular flexibility index (Phi) is 5.80. The zero-order chi connectivity index (χ0) is 13.5. The molecule has 1 aromatic heterocycles. The van der Waals surface area contributed by atoms with Crippen LogP contribution in [0.2, 0.25) is 0 Å². The van der Waals surface area contributed by atoms with Gasteiger partial charge in [0, 0.05) is 11.4 Å².